The van der Waals surface area contributed by atoms with Crippen LogP contribution in [0.15, 0.2) is 28.7 Å². The van der Waals surface area contributed by atoms with Crippen LogP contribution < -0.4 is 5.32 Å². The molecule has 1 atom stereocenters. The summed E-state index contributed by atoms with van der Waals surface area (Å²) in [5, 5.41) is 3.17. The van der Waals surface area contributed by atoms with Crippen molar-refractivity contribution in [2.75, 3.05) is 32.8 Å². The number of piperidine rings is 1. The standard InChI is InChI=1S/C17H23BrN2O2/c18-15-3-1-2-14(10-15)17(21)19-16-4-7-20(8-5-16)11-13-6-9-22-12-13/h1-3,10,13,16H,4-9,11-12H2,(H,19,21)/t13-/m0/s1. The van der Waals surface area contributed by atoms with Crippen LogP contribution in [0.25, 0.3) is 0 Å². The molecule has 2 heterocycles. The average molecular weight is 367 g/mol. The summed E-state index contributed by atoms with van der Waals surface area (Å²) in [6.07, 6.45) is 3.26. The second kappa shape index (κ2) is 7.57. The molecule has 0 aromatic heterocycles. The van der Waals surface area contributed by atoms with E-state index in [1.807, 2.05) is 24.3 Å². The van der Waals surface area contributed by atoms with Crippen molar-refractivity contribution in [3.05, 3.63) is 34.3 Å². The van der Waals surface area contributed by atoms with Gasteiger partial charge in [0.1, 0.15) is 0 Å². The van der Waals surface area contributed by atoms with Gasteiger partial charge in [0.2, 0.25) is 0 Å². The predicted octanol–water partition coefficient (Wildman–Crippen LogP) is 2.68. The van der Waals surface area contributed by atoms with Crippen molar-refractivity contribution in [2.24, 2.45) is 5.92 Å². The highest BCUT2D eigenvalue weighted by Crippen LogP contribution is 2.18. The van der Waals surface area contributed by atoms with E-state index in [2.05, 4.69) is 26.1 Å². The third-order valence-corrected chi connectivity index (χ3v) is 5.04. The summed E-state index contributed by atoms with van der Waals surface area (Å²) >= 11 is 3.41. The van der Waals surface area contributed by atoms with Crippen LogP contribution in [-0.4, -0.2) is 49.7 Å². The lowest BCUT2D eigenvalue weighted by molar-refractivity contribution is 0.0903. The fraction of sp³-hybridized carbons (Fsp3) is 0.588. The monoisotopic (exact) mass is 366 g/mol. The van der Waals surface area contributed by atoms with Gasteiger partial charge in [-0.1, -0.05) is 22.0 Å². The summed E-state index contributed by atoms with van der Waals surface area (Å²) in [5.74, 6) is 0.733. The first kappa shape index (κ1) is 16.0. The molecule has 1 N–H and O–H groups in total. The van der Waals surface area contributed by atoms with E-state index in [1.54, 1.807) is 0 Å². The average Bonchev–Trinajstić information content (AvgIpc) is 3.02. The lowest BCUT2D eigenvalue weighted by Crippen LogP contribution is -2.45. The first-order valence-electron chi connectivity index (χ1n) is 8.07. The summed E-state index contributed by atoms with van der Waals surface area (Å²) in [6.45, 7) is 5.12. The number of halogens is 1. The molecule has 0 unspecified atom stereocenters. The number of hydrogen-bond donors (Lipinski definition) is 1. The maximum atomic E-state index is 12.3. The van der Waals surface area contributed by atoms with Crippen molar-refractivity contribution in [3.8, 4) is 0 Å². The number of nitrogens with zero attached hydrogens (tertiary/aromatic N) is 1. The Hall–Kier alpha value is -0.910. The van der Waals surface area contributed by atoms with Crippen LogP contribution in [0.4, 0.5) is 0 Å². The highest BCUT2D eigenvalue weighted by molar-refractivity contribution is 9.10. The number of ether oxygens (including phenoxy) is 1. The Morgan fingerprint density at radius 1 is 1.32 bits per heavy atom. The third kappa shape index (κ3) is 4.31. The molecule has 5 heteroatoms. The molecule has 1 amide bonds. The summed E-state index contributed by atoms with van der Waals surface area (Å²) in [7, 11) is 0. The molecule has 3 rings (SSSR count). The third-order valence-electron chi connectivity index (χ3n) is 4.55. The molecular weight excluding hydrogens is 344 g/mol. The number of amides is 1. The van der Waals surface area contributed by atoms with Gasteiger partial charge < -0.3 is 15.0 Å². The molecule has 0 aliphatic carbocycles. The van der Waals surface area contributed by atoms with Crippen LogP contribution >= 0.6 is 15.9 Å². The van der Waals surface area contributed by atoms with Gasteiger partial charge in [0, 0.05) is 42.3 Å². The van der Waals surface area contributed by atoms with Crippen LogP contribution in [0.3, 0.4) is 0 Å². The Labute approximate surface area is 140 Å². The van der Waals surface area contributed by atoms with Crippen molar-refractivity contribution in [1.82, 2.24) is 10.2 Å². The Kier molecular flexibility index (Phi) is 5.50. The molecule has 2 saturated heterocycles. The summed E-state index contributed by atoms with van der Waals surface area (Å²) in [4.78, 5) is 14.8. The summed E-state index contributed by atoms with van der Waals surface area (Å²) < 4.78 is 6.38. The van der Waals surface area contributed by atoms with Gasteiger partial charge in [0.15, 0.2) is 0 Å². The molecule has 0 saturated carbocycles. The minimum atomic E-state index is 0.0314. The van der Waals surface area contributed by atoms with Gasteiger partial charge in [-0.15, -0.1) is 0 Å². The van der Waals surface area contributed by atoms with Crippen molar-refractivity contribution in [1.29, 1.82) is 0 Å². The number of benzene rings is 1. The first-order valence-corrected chi connectivity index (χ1v) is 8.86. The maximum Gasteiger partial charge on any atom is 0.251 e. The van der Waals surface area contributed by atoms with E-state index in [0.29, 0.717) is 12.0 Å². The smallest absolute Gasteiger partial charge is 0.251 e. The number of carbonyl (C=O) groups is 1. The van der Waals surface area contributed by atoms with Crippen LogP contribution in [0, 0.1) is 5.92 Å². The highest BCUT2D eigenvalue weighted by Gasteiger charge is 2.24. The van der Waals surface area contributed by atoms with Crippen molar-refractivity contribution in [2.45, 2.75) is 25.3 Å². The maximum absolute atomic E-state index is 12.3. The van der Waals surface area contributed by atoms with Crippen LogP contribution in [0.5, 0.6) is 0 Å². The molecule has 1 aromatic rings. The normalized spacial score (nSPS) is 23.6. The van der Waals surface area contributed by atoms with Crippen molar-refractivity contribution < 1.29 is 9.53 Å². The van der Waals surface area contributed by atoms with Gasteiger partial charge in [-0.25, -0.2) is 0 Å². The van der Waals surface area contributed by atoms with E-state index in [9.17, 15) is 4.79 Å². The molecule has 0 radical (unpaired) electrons. The Morgan fingerprint density at radius 3 is 2.82 bits per heavy atom. The van der Waals surface area contributed by atoms with Crippen LogP contribution in [0.1, 0.15) is 29.6 Å². The predicted molar refractivity (Wildman–Crippen MR) is 90.0 cm³/mol. The molecular formula is C17H23BrN2O2. The van der Waals surface area contributed by atoms with Gasteiger partial charge in [-0.05, 0) is 43.4 Å². The van der Waals surface area contributed by atoms with E-state index in [4.69, 9.17) is 4.74 Å². The lowest BCUT2D eigenvalue weighted by Gasteiger charge is -2.33. The number of hydrogen-bond acceptors (Lipinski definition) is 3. The topological polar surface area (TPSA) is 41.6 Å². The number of nitrogens with one attached hydrogen (secondary N) is 1. The quantitative estimate of drug-likeness (QED) is 0.890. The Bertz CT molecular complexity index is 509. The molecule has 0 spiro atoms. The minimum Gasteiger partial charge on any atom is -0.381 e. The molecule has 2 aliphatic rings. The summed E-state index contributed by atoms with van der Waals surface area (Å²) in [6, 6.07) is 7.84. The minimum absolute atomic E-state index is 0.0314. The number of rotatable bonds is 4. The highest BCUT2D eigenvalue weighted by atomic mass is 79.9. The lowest BCUT2D eigenvalue weighted by atomic mass is 10.0. The van der Waals surface area contributed by atoms with E-state index in [-0.39, 0.29) is 5.91 Å². The van der Waals surface area contributed by atoms with Gasteiger partial charge >= 0.3 is 0 Å². The summed E-state index contributed by atoms with van der Waals surface area (Å²) in [5.41, 5.74) is 0.722. The van der Waals surface area contributed by atoms with E-state index >= 15 is 0 Å². The van der Waals surface area contributed by atoms with Crippen LogP contribution in [-0.2, 0) is 4.74 Å². The largest absolute Gasteiger partial charge is 0.381 e. The number of carbonyl (C=O) groups excluding carboxylic acids is 1. The molecule has 120 valence electrons. The molecule has 0 bridgehead atoms. The zero-order chi connectivity index (χ0) is 15.4. The Morgan fingerprint density at radius 2 is 2.14 bits per heavy atom. The van der Waals surface area contributed by atoms with Gasteiger partial charge in [0.05, 0.1) is 6.61 Å². The fourth-order valence-corrected chi connectivity index (χ4v) is 3.65. The molecule has 2 aliphatic heterocycles. The van der Waals surface area contributed by atoms with E-state index in [1.165, 1.54) is 6.42 Å². The number of likely N-dealkylation sites (tertiary alicyclic amines) is 1. The molecule has 2 fully saturated rings. The SMILES string of the molecule is O=C(NC1CCN(C[C@@H]2CCOC2)CC1)c1cccc(Br)c1. The molecule has 4 nitrogen and oxygen atoms in total. The zero-order valence-corrected chi connectivity index (χ0v) is 14.3. The second-order valence-corrected chi connectivity index (χ2v) is 7.20. The van der Waals surface area contributed by atoms with Gasteiger partial charge in [0.25, 0.3) is 5.91 Å². The molecule has 1 aromatic carbocycles. The fourth-order valence-electron chi connectivity index (χ4n) is 3.25. The van der Waals surface area contributed by atoms with Crippen molar-refractivity contribution in [3.63, 3.8) is 0 Å². The Balaban J connectivity index is 1.44. The second-order valence-electron chi connectivity index (χ2n) is 6.29. The van der Waals surface area contributed by atoms with Gasteiger partial charge in [-0.3, -0.25) is 4.79 Å². The zero-order valence-electron chi connectivity index (χ0n) is 12.8. The molecule has 22 heavy (non-hydrogen) atoms. The van der Waals surface area contributed by atoms with Gasteiger partial charge in [-0.2, -0.15) is 0 Å². The first-order chi connectivity index (χ1) is 10.7. The van der Waals surface area contributed by atoms with E-state index in [0.717, 1.165) is 55.7 Å². The van der Waals surface area contributed by atoms with Crippen LogP contribution in [0.2, 0.25) is 0 Å². The van der Waals surface area contributed by atoms with E-state index < -0.39 is 0 Å². The van der Waals surface area contributed by atoms with Crippen molar-refractivity contribution >= 4 is 21.8 Å².